The number of anilines is 1. The topological polar surface area (TPSA) is 79.8 Å². The summed E-state index contributed by atoms with van der Waals surface area (Å²) in [6.45, 7) is 4.14. The monoisotopic (exact) mass is 421 g/mol. The molecular weight excluding hydrogens is 394 g/mol. The highest BCUT2D eigenvalue weighted by Gasteiger charge is 2.68. The first kappa shape index (κ1) is 21.0. The summed E-state index contributed by atoms with van der Waals surface area (Å²) in [6, 6.07) is 12.2. The molecule has 1 spiro atoms. The smallest absolute Gasteiger partial charge is 0.312 e. The summed E-state index contributed by atoms with van der Waals surface area (Å²) < 4.78 is 5.14. The van der Waals surface area contributed by atoms with Crippen LogP contribution in [0.3, 0.4) is 0 Å². The third-order valence-corrected chi connectivity index (χ3v) is 6.40. The number of carbonyl (C=O) groups excluding carboxylic acids is 3. The number of nitrogens with zero attached hydrogens (tertiary/aromatic N) is 3. The van der Waals surface area contributed by atoms with Crippen LogP contribution < -0.4 is 4.90 Å². The number of aromatic nitrogens is 1. The van der Waals surface area contributed by atoms with Crippen LogP contribution in [-0.4, -0.2) is 47.9 Å². The van der Waals surface area contributed by atoms with E-state index in [1.165, 1.54) is 7.11 Å². The van der Waals surface area contributed by atoms with E-state index in [0.717, 1.165) is 0 Å². The van der Waals surface area contributed by atoms with Crippen molar-refractivity contribution < 1.29 is 19.1 Å². The molecule has 0 radical (unpaired) electrons. The number of para-hydroxylation sites is 1. The van der Waals surface area contributed by atoms with Crippen LogP contribution in [-0.2, 0) is 19.9 Å². The molecule has 2 aliphatic rings. The Hall–Kier alpha value is -3.22. The minimum absolute atomic E-state index is 0.251. The van der Waals surface area contributed by atoms with E-state index in [2.05, 4.69) is 18.8 Å². The Morgan fingerprint density at radius 2 is 1.90 bits per heavy atom. The van der Waals surface area contributed by atoms with Crippen molar-refractivity contribution in [3.05, 3.63) is 59.9 Å². The molecule has 4 rings (SSSR count). The first-order valence-corrected chi connectivity index (χ1v) is 10.5. The number of hydrogen-bond donors (Lipinski definition) is 0. The van der Waals surface area contributed by atoms with Crippen LogP contribution in [0.2, 0.25) is 0 Å². The molecule has 7 heteroatoms. The molecule has 0 bridgehead atoms. The minimum atomic E-state index is -1.45. The van der Waals surface area contributed by atoms with E-state index in [4.69, 9.17) is 4.74 Å². The van der Waals surface area contributed by atoms with Gasteiger partial charge in [-0.25, -0.2) is 0 Å². The van der Waals surface area contributed by atoms with Gasteiger partial charge in [-0.1, -0.05) is 38.1 Å². The summed E-state index contributed by atoms with van der Waals surface area (Å²) in [5, 5.41) is 0. The van der Waals surface area contributed by atoms with Crippen molar-refractivity contribution in [2.75, 3.05) is 19.1 Å². The highest BCUT2D eigenvalue weighted by atomic mass is 16.5. The second kappa shape index (κ2) is 7.80. The minimum Gasteiger partial charge on any atom is -0.469 e. The number of rotatable bonds is 4. The maximum absolute atomic E-state index is 13.9. The summed E-state index contributed by atoms with van der Waals surface area (Å²) in [6.07, 6.45) is 2.58. The maximum Gasteiger partial charge on any atom is 0.312 e. The molecule has 162 valence electrons. The molecule has 3 atom stereocenters. The van der Waals surface area contributed by atoms with Crippen molar-refractivity contribution >= 4 is 23.5 Å². The Morgan fingerprint density at radius 1 is 1.19 bits per heavy atom. The number of esters is 1. The second-order valence-electron chi connectivity index (χ2n) is 8.63. The largest absolute Gasteiger partial charge is 0.469 e. The number of ether oxygens (including phenoxy) is 1. The molecule has 2 aliphatic heterocycles. The lowest BCUT2D eigenvalue weighted by atomic mass is 9.79. The van der Waals surface area contributed by atoms with Crippen LogP contribution in [0.5, 0.6) is 0 Å². The summed E-state index contributed by atoms with van der Waals surface area (Å²) in [4.78, 5) is 48.2. The highest BCUT2D eigenvalue weighted by molar-refractivity contribution is 6.13. The SMILES string of the molecule is COC(=O)[C@@H]1C[C@H](CC(C)C)N(C(=O)c2ccccn2)[C@@]12C(=O)N(C)c1ccccc12. The van der Waals surface area contributed by atoms with Gasteiger partial charge in [-0.2, -0.15) is 0 Å². The van der Waals surface area contributed by atoms with Gasteiger partial charge in [0.1, 0.15) is 5.69 Å². The van der Waals surface area contributed by atoms with Crippen LogP contribution in [0.1, 0.15) is 42.7 Å². The Bertz CT molecular complexity index is 1020. The third kappa shape index (κ3) is 3.02. The Kier molecular flexibility index (Phi) is 5.29. The van der Waals surface area contributed by atoms with E-state index in [-0.39, 0.29) is 29.5 Å². The van der Waals surface area contributed by atoms with Crippen molar-refractivity contribution in [1.82, 2.24) is 9.88 Å². The van der Waals surface area contributed by atoms with E-state index in [1.54, 1.807) is 41.2 Å². The second-order valence-corrected chi connectivity index (χ2v) is 8.63. The standard InChI is InChI=1S/C24H27N3O4/c1-15(2)13-16-14-18(22(29)31-4)24(27(16)21(28)19-10-7-8-12-25-19)17-9-5-6-11-20(17)26(3)23(24)30/h5-12,15-16,18H,13-14H2,1-4H3/t16-,18-,24+/m0/s1. The van der Waals surface area contributed by atoms with Gasteiger partial charge in [-0.15, -0.1) is 0 Å². The normalized spacial score (nSPS) is 24.7. The number of amides is 2. The van der Waals surface area contributed by atoms with E-state index < -0.39 is 17.4 Å². The van der Waals surface area contributed by atoms with E-state index in [9.17, 15) is 14.4 Å². The average Bonchev–Trinajstić information content (AvgIpc) is 3.22. The molecule has 0 N–H and O–H groups in total. The highest BCUT2D eigenvalue weighted by Crippen LogP contribution is 2.56. The zero-order valence-corrected chi connectivity index (χ0v) is 18.2. The molecule has 31 heavy (non-hydrogen) atoms. The quantitative estimate of drug-likeness (QED) is 0.709. The Labute approximate surface area is 182 Å². The molecule has 0 unspecified atom stereocenters. The predicted molar refractivity (Wildman–Crippen MR) is 115 cm³/mol. The molecule has 1 aromatic carbocycles. The molecule has 0 saturated carbocycles. The number of likely N-dealkylation sites (N-methyl/N-ethyl adjacent to an activating group) is 1. The molecule has 0 aliphatic carbocycles. The molecule has 2 aromatic rings. The molecule has 3 heterocycles. The molecule has 2 amide bonds. The Balaban J connectivity index is 1.98. The van der Waals surface area contributed by atoms with Crippen molar-refractivity contribution in [3.8, 4) is 0 Å². The van der Waals surface area contributed by atoms with Gasteiger partial charge in [0.05, 0.1) is 13.0 Å². The van der Waals surface area contributed by atoms with Crippen molar-refractivity contribution in [2.24, 2.45) is 11.8 Å². The fraction of sp³-hybridized carbons (Fsp3) is 0.417. The lowest BCUT2D eigenvalue weighted by Gasteiger charge is -2.39. The Morgan fingerprint density at radius 3 is 2.55 bits per heavy atom. The summed E-state index contributed by atoms with van der Waals surface area (Å²) >= 11 is 0. The summed E-state index contributed by atoms with van der Waals surface area (Å²) in [5.74, 6) is -1.66. The maximum atomic E-state index is 13.9. The van der Waals surface area contributed by atoms with Gasteiger partial charge in [-0.3, -0.25) is 19.4 Å². The van der Waals surface area contributed by atoms with Gasteiger partial charge in [-0.05, 0) is 37.0 Å². The molecule has 1 fully saturated rings. The van der Waals surface area contributed by atoms with Gasteiger partial charge >= 0.3 is 5.97 Å². The number of likely N-dealkylation sites (tertiary alicyclic amines) is 1. The summed E-state index contributed by atoms with van der Waals surface area (Å²) in [5.41, 5.74) is 0.159. The number of fused-ring (bicyclic) bond motifs is 2. The van der Waals surface area contributed by atoms with Crippen LogP contribution in [0, 0.1) is 11.8 Å². The molecular formula is C24H27N3O4. The van der Waals surface area contributed by atoms with Crippen molar-refractivity contribution in [2.45, 2.75) is 38.3 Å². The van der Waals surface area contributed by atoms with Gasteiger partial charge in [0.25, 0.3) is 11.8 Å². The fourth-order valence-electron chi connectivity index (χ4n) is 5.24. The molecule has 7 nitrogen and oxygen atoms in total. The first-order chi connectivity index (χ1) is 14.8. The zero-order valence-electron chi connectivity index (χ0n) is 18.2. The lowest BCUT2D eigenvalue weighted by molar-refractivity contribution is -0.152. The van der Waals surface area contributed by atoms with Crippen LogP contribution in [0.4, 0.5) is 5.69 Å². The number of hydrogen-bond acceptors (Lipinski definition) is 5. The van der Waals surface area contributed by atoms with E-state index in [0.29, 0.717) is 24.1 Å². The van der Waals surface area contributed by atoms with Gasteiger partial charge in [0.15, 0.2) is 5.54 Å². The van der Waals surface area contributed by atoms with Crippen molar-refractivity contribution in [1.29, 1.82) is 0 Å². The van der Waals surface area contributed by atoms with Gasteiger partial charge in [0.2, 0.25) is 0 Å². The fourth-order valence-corrected chi connectivity index (χ4v) is 5.24. The van der Waals surface area contributed by atoms with Crippen LogP contribution >= 0.6 is 0 Å². The molecule has 1 aromatic heterocycles. The van der Waals surface area contributed by atoms with E-state index >= 15 is 0 Å². The predicted octanol–water partition coefficient (Wildman–Crippen LogP) is 3.00. The van der Waals surface area contributed by atoms with Gasteiger partial charge < -0.3 is 14.5 Å². The number of methoxy groups -OCH3 is 1. The number of pyridine rings is 1. The average molecular weight is 421 g/mol. The van der Waals surface area contributed by atoms with Crippen molar-refractivity contribution in [3.63, 3.8) is 0 Å². The third-order valence-electron chi connectivity index (χ3n) is 6.40. The number of carbonyl (C=O) groups is 3. The zero-order chi connectivity index (χ0) is 22.3. The van der Waals surface area contributed by atoms with Gasteiger partial charge in [0, 0.05) is 30.5 Å². The lowest BCUT2D eigenvalue weighted by Crippen LogP contribution is -2.57. The van der Waals surface area contributed by atoms with E-state index in [1.807, 2.05) is 24.3 Å². The first-order valence-electron chi connectivity index (χ1n) is 10.5. The summed E-state index contributed by atoms with van der Waals surface area (Å²) in [7, 11) is 3.01. The molecule has 1 saturated heterocycles. The number of benzene rings is 1. The van der Waals surface area contributed by atoms with Crippen LogP contribution in [0.25, 0.3) is 0 Å². The van der Waals surface area contributed by atoms with Crippen LogP contribution in [0.15, 0.2) is 48.7 Å².